The van der Waals surface area contributed by atoms with Crippen molar-refractivity contribution >= 4 is 69.9 Å². The molecule has 1 aliphatic heterocycles. The fourth-order valence-corrected chi connectivity index (χ4v) is 3.85. The second-order valence-corrected chi connectivity index (χ2v) is 10.3. The van der Waals surface area contributed by atoms with Gasteiger partial charge in [0.1, 0.15) is 6.10 Å². The molecule has 1 radical (unpaired) electrons. The van der Waals surface area contributed by atoms with Crippen molar-refractivity contribution in [1.82, 2.24) is 0 Å². The van der Waals surface area contributed by atoms with Crippen LogP contribution in [0.3, 0.4) is 0 Å². The van der Waals surface area contributed by atoms with E-state index in [2.05, 4.69) is 30.9 Å². The van der Waals surface area contributed by atoms with Crippen molar-refractivity contribution in [3.63, 3.8) is 0 Å². The normalized spacial score (nSPS) is 19.7. The molecule has 1 heterocycles. The Kier molecular flexibility index (Phi) is 21.7. The smallest absolute Gasteiger partial charge is 0.321 e. The number of rotatable bonds is 18. The van der Waals surface area contributed by atoms with E-state index in [9.17, 15) is 0 Å². The summed E-state index contributed by atoms with van der Waals surface area (Å²) < 4.78 is 16.0. The van der Waals surface area contributed by atoms with Crippen molar-refractivity contribution in [2.24, 2.45) is 0 Å². The third-order valence-electron chi connectivity index (χ3n) is 4.94. The molecule has 0 spiro atoms. The Morgan fingerprint density at radius 2 is 1.48 bits per heavy atom. The molecule has 0 aromatic heterocycles. The minimum atomic E-state index is -3.60. The molecule has 5 nitrogen and oxygen atoms in total. The van der Waals surface area contributed by atoms with Crippen LogP contribution in [0, 0.1) is 0 Å². The molecular weight excluding hydrogens is 434 g/mol. The zero-order valence-corrected chi connectivity index (χ0v) is 23.4. The summed E-state index contributed by atoms with van der Waals surface area (Å²) in [5, 5.41) is 0. The number of hydrogen-bond acceptors (Lipinski definition) is 4. The van der Waals surface area contributed by atoms with Crippen molar-refractivity contribution in [3.8, 4) is 0 Å². The summed E-state index contributed by atoms with van der Waals surface area (Å²) >= 11 is 4.42. The van der Waals surface area contributed by atoms with Crippen molar-refractivity contribution < 1.29 is 23.8 Å². The predicted octanol–water partition coefficient (Wildman–Crippen LogP) is 5.61. The number of unbranched alkanes of at least 4 members (excludes halogenated alkanes) is 11. The van der Waals surface area contributed by atoms with Crippen LogP contribution in [0.25, 0.3) is 0 Å². The minimum Gasteiger partial charge on any atom is -0.350 e. The van der Waals surface area contributed by atoms with Gasteiger partial charge in [0.25, 0.3) is 0 Å². The monoisotopic (exact) mass is 475 g/mol. The fraction of sp³-hybridized carbons (Fsp3) is 0.905. The minimum absolute atomic E-state index is 0. The van der Waals surface area contributed by atoms with Crippen LogP contribution in [0.5, 0.6) is 0 Å². The molecule has 0 bridgehead atoms. The summed E-state index contributed by atoms with van der Waals surface area (Å²) in [6, 6.07) is 0. The average Bonchev–Trinajstić information content (AvgIpc) is 3.10. The summed E-state index contributed by atoms with van der Waals surface area (Å²) in [4.78, 5) is 18.1. The van der Waals surface area contributed by atoms with Crippen molar-refractivity contribution in [2.75, 3.05) is 13.2 Å². The Morgan fingerprint density at radius 3 is 2.07 bits per heavy atom. The Labute approximate surface area is 226 Å². The molecule has 8 heteroatoms. The van der Waals surface area contributed by atoms with Gasteiger partial charge in [-0.1, -0.05) is 70.4 Å². The van der Waals surface area contributed by atoms with Crippen LogP contribution in [-0.4, -0.2) is 86.8 Å². The molecular formula is C21H41KO5PS. The van der Waals surface area contributed by atoms with Gasteiger partial charge in [-0.2, -0.15) is 0 Å². The summed E-state index contributed by atoms with van der Waals surface area (Å²) in [7, 11) is 0. The summed E-state index contributed by atoms with van der Waals surface area (Å²) in [6.45, 7) is -0.838. The van der Waals surface area contributed by atoms with Gasteiger partial charge in [-0.05, 0) is 50.3 Å². The van der Waals surface area contributed by atoms with E-state index in [1.54, 1.807) is 0 Å². The van der Waals surface area contributed by atoms with Crippen molar-refractivity contribution in [3.05, 3.63) is 12.2 Å². The second-order valence-electron chi connectivity index (χ2n) is 7.68. The van der Waals surface area contributed by atoms with E-state index >= 15 is 0 Å². The van der Waals surface area contributed by atoms with Crippen LogP contribution in [-0.2, 0) is 25.8 Å². The quantitative estimate of drug-likeness (QED) is 0.116. The molecule has 167 valence electrons. The van der Waals surface area contributed by atoms with Crippen LogP contribution in [0.2, 0.25) is 0 Å². The van der Waals surface area contributed by atoms with Gasteiger partial charge in [0, 0.05) is 51.4 Å². The zero-order chi connectivity index (χ0) is 20.5. The molecule has 0 aliphatic carbocycles. The molecule has 29 heavy (non-hydrogen) atoms. The van der Waals surface area contributed by atoms with Gasteiger partial charge in [-0.3, -0.25) is 0 Å². The van der Waals surface area contributed by atoms with E-state index in [-0.39, 0.29) is 70.4 Å². The van der Waals surface area contributed by atoms with Crippen LogP contribution < -0.4 is 0 Å². The summed E-state index contributed by atoms with van der Waals surface area (Å²) in [5.74, 6) is 0. The molecule has 0 aromatic carbocycles. The van der Waals surface area contributed by atoms with Gasteiger partial charge in [0.05, 0.1) is 13.2 Å². The molecule has 0 aromatic rings. The fourth-order valence-electron chi connectivity index (χ4n) is 3.31. The number of hydrogen-bond donors (Lipinski definition) is 2. The Balaban J connectivity index is 0.00000784. The maximum atomic E-state index is 9.06. The van der Waals surface area contributed by atoms with Crippen molar-refractivity contribution in [1.29, 1.82) is 0 Å². The molecule has 1 saturated heterocycles. The van der Waals surface area contributed by atoms with E-state index in [0.29, 0.717) is 6.61 Å². The molecule has 1 aliphatic rings. The van der Waals surface area contributed by atoms with Gasteiger partial charge in [-0.25, -0.2) is 0 Å². The summed E-state index contributed by atoms with van der Waals surface area (Å²) in [6.07, 6.45) is 21.9. The Bertz CT molecular complexity index is 447. The summed E-state index contributed by atoms with van der Waals surface area (Å²) in [5.41, 5.74) is 0. The largest absolute Gasteiger partial charge is 0.350 e. The Morgan fingerprint density at radius 1 is 0.931 bits per heavy atom. The number of allylic oxidation sites excluding steroid dienone is 2. The van der Waals surface area contributed by atoms with Crippen LogP contribution in [0.4, 0.5) is 0 Å². The third kappa shape index (κ3) is 20.2. The predicted molar refractivity (Wildman–Crippen MR) is 124 cm³/mol. The average molecular weight is 476 g/mol. The number of ether oxygens (including phenoxy) is 2. The van der Waals surface area contributed by atoms with E-state index in [1.165, 1.54) is 77.0 Å². The molecule has 1 rings (SSSR count). The van der Waals surface area contributed by atoms with E-state index in [0.717, 1.165) is 12.8 Å². The molecule has 2 N–H and O–H groups in total. The van der Waals surface area contributed by atoms with E-state index in [4.69, 9.17) is 23.8 Å². The zero-order valence-electron chi connectivity index (χ0n) is 18.6. The van der Waals surface area contributed by atoms with Gasteiger partial charge >= 0.3 is 6.72 Å². The Hall–Kier alpha value is 1.83. The van der Waals surface area contributed by atoms with Crippen LogP contribution in [0.15, 0.2) is 12.2 Å². The van der Waals surface area contributed by atoms with Crippen LogP contribution in [0.1, 0.15) is 96.8 Å². The molecule has 1 fully saturated rings. The van der Waals surface area contributed by atoms with Crippen molar-refractivity contribution in [2.45, 2.75) is 109 Å². The van der Waals surface area contributed by atoms with E-state index < -0.39 is 6.72 Å². The molecule has 2 atom stereocenters. The van der Waals surface area contributed by atoms with E-state index in [1.807, 2.05) is 0 Å². The molecule has 2 unspecified atom stereocenters. The second kappa shape index (κ2) is 20.4. The van der Waals surface area contributed by atoms with Gasteiger partial charge in [0.15, 0.2) is 6.29 Å². The molecule has 0 amide bonds. The maximum Gasteiger partial charge on any atom is 0.321 e. The third-order valence-corrected chi connectivity index (χ3v) is 5.74. The van der Waals surface area contributed by atoms with Gasteiger partial charge in [-0.15, -0.1) is 0 Å². The van der Waals surface area contributed by atoms with Crippen LogP contribution >= 0.6 is 6.72 Å². The first-order valence-corrected chi connectivity index (χ1v) is 13.8. The topological polar surface area (TPSA) is 68.2 Å². The first-order chi connectivity index (χ1) is 13.5. The standard InChI is InChI=1S/C21H41O5PS.K/c1-2-3-4-5-6-7-8-9-10-11-12-13-14-15-16-17-21-24-18-20(26-21)19-25-27(22,23)28;/h8-9,20-21H,2-7,10-19H2,1H3,(H2,22,23,28);. The SMILES string of the molecule is CCCCCCCC=CCCCCCCCCC1OCC(COP(O)(O)=S)O1.[K]. The van der Waals surface area contributed by atoms with Gasteiger partial charge in [0.2, 0.25) is 0 Å². The molecule has 0 saturated carbocycles. The maximum absolute atomic E-state index is 9.06. The first-order valence-electron chi connectivity index (χ1n) is 11.1. The van der Waals surface area contributed by atoms with Gasteiger partial charge < -0.3 is 23.8 Å². The first kappa shape index (κ1) is 30.8.